The van der Waals surface area contributed by atoms with Crippen LogP contribution in [-0.4, -0.2) is 11.5 Å². The van der Waals surface area contributed by atoms with E-state index >= 15 is 0 Å². The third-order valence-electron chi connectivity index (χ3n) is 3.25. The van der Waals surface area contributed by atoms with Crippen molar-refractivity contribution >= 4 is 15.9 Å². The summed E-state index contributed by atoms with van der Waals surface area (Å²) >= 11 is 3.34. The third kappa shape index (κ3) is 3.87. The molecular formula is C16H18BrFN2. The zero-order valence-electron chi connectivity index (χ0n) is 11.7. The Kier molecular flexibility index (Phi) is 5.26. The summed E-state index contributed by atoms with van der Waals surface area (Å²) < 4.78 is 14.3. The van der Waals surface area contributed by atoms with E-state index in [2.05, 4.69) is 33.2 Å². The van der Waals surface area contributed by atoms with E-state index in [4.69, 9.17) is 0 Å². The predicted octanol–water partition coefficient (Wildman–Crippen LogP) is 4.18. The van der Waals surface area contributed by atoms with Crippen LogP contribution in [-0.2, 0) is 6.42 Å². The van der Waals surface area contributed by atoms with Crippen molar-refractivity contribution in [1.82, 2.24) is 10.3 Å². The van der Waals surface area contributed by atoms with Gasteiger partial charge in [-0.25, -0.2) is 4.39 Å². The van der Waals surface area contributed by atoms with Gasteiger partial charge in [-0.15, -0.1) is 0 Å². The Bertz CT molecular complexity index is 566. The number of hydrogen-bond donors (Lipinski definition) is 1. The molecule has 1 N–H and O–H groups in total. The molecule has 2 nitrogen and oxygen atoms in total. The first-order chi connectivity index (χ1) is 9.60. The van der Waals surface area contributed by atoms with Gasteiger partial charge in [-0.2, -0.15) is 0 Å². The van der Waals surface area contributed by atoms with E-state index in [1.54, 1.807) is 12.3 Å². The fraction of sp³-hybridized carbons (Fsp3) is 0.312. The number of pyridine rings is 1. The maximum atomic E-state index is 13.5. The minimum Gasteiger partial charge on any atom is -0.310 e. The van der Waals surface area contributed by atoms with E-state index in [0.29, 0.717) is 0 Å². The molecule has 0 saturated heterocycles. The van der Waals surface area contributed by atoms with Crippen LogP contribution in [0.4, 0.5) is 4.39 Å². The standard InChI is InChI=1S/C16H18BrFN2/c1-3-20-16(15-4-5-19-10-11(15)2)8-12-6-13(17)9-14(18)7-12/h4-7,9-10,16,20H,3,8H2,1-2H3. The summed E-state index contributed by atoms with van der Waals surface area (Å²) in [4.78, 5) is 4.13. The first-order valence-corrected chi connectivity index (χ1v) is 7.48. The second-order valence-corrected chi connectivity index (χ2v) is 5.74. The molecule has 1 atom stereocenters. The summed E-state index contributed by atoms with van der Waals surface area (Å²) in [6.45, 7) is 4.99. The molecule has 2 aromatic rings. The maximum Gasteiger partial charge on any atom is 0.124 e. The van der Waals surface area contributed by atoms with Crippen LogP contribution in [0.3, 0.4) is 0 Å². The molecule has 1 unspecified atom stereocenters. The third-order valence-corrected chi connectivity index (χ3v) is 3.71. The topological polar surface area (TPSA) is 24.9 Å². The molecule has 0 amide bonds. The Labute approximate surface area is 127 Å². The lowest BCUT2D eigenvalue weighted by molar-refractivity contribution is 0.543. The Balaban J connectivity index is 2.28. The first-order valence-electron chi connectivity index (χ1n) is 6.69. The molecule has 0 aliphatic rings. The molecule has 0 saturated carbocycles. The molecule has 106 valence electrons. The summed E-state index contributed by atoms with van der Waals surface area (Å²) in [5.41, 5.74) is 3.33. The SMILES string of the molecule is CCNC(Cc1cc(F)cc(Br)c1)c1ccncc1C. The number of nitrogens with zero attached hydrogens (tertiary/aromatic N) is 1. The Hall–Kier alpha value is -1.26. The Morgan fingerprint density at radius 1 is 1.35 bits per heavy atom. The van der Waals surface area contributed by atoms with Gasteiger partial charge in [-0.1, -0.05) is 22.9 Å². The summed E-state index contributed by atoms with van der Waals surface area (Å²) in [5, 5.41) is 3.46. The van der Waals surface area contributed by atoms with E-state index in [0.717, 1.165) is 28.6 Å². The van der Waals surface area contributed by atoms with Crippen molar-refractivity contribution in [3.63, 3.8) is 0 Å². The summed E-state index contributed by atoms with van der Waals surface area (Å²) in [6, 6.07) is 7.22. The lowest BCUT2D eigenvalue weighted by atomic mass is 9.96. The fourth-order valence-corrected chi connectivity index (χ4v) is 2.89. The van der Waals surface area contributed by atoms with Crippen LogP contribution in [0.1, 0.15) is 29.7 Å². The normalized spacial score (nSPS) is 12.4. The van der Waals surface area contributed by atoms with Crippen LogP contribution in [0, 0.1) is 12.7 Å². The highest BCUT2D eigenvalue weighted by Crippen LogP contribution is 2.23. The highest BCUT2D eigenvalue weighted by Gasteiger charge is 2.14. The van der Waals surface area contributed by atoms with Crippen LogP contribution < -0.4 is 5.32 Å². The van der Waals surface area contributed by atoms with Gasteiger partial charge in [0.1, 0.15) is 5.82 Å². The lowest BCUT2D eigenvalue weighted by Gasteiger charge is -2.20. The molecule has 20 heavy (non-hydrogen) atoms. The first kappa shape index (κ1) is 15.1. The average Bonchev–Trinajstić information content (AvgIpc) is 2.37. The fourth-order valence-electron chi connectivity index (χ4n) is 2.38. The average molecular weight is 337 g/mol. The zero-order chi connectivity index (χ0) is 14.5. The number of rotatable bonds is 5. The van der Waals surface area contributed by atoms with Crippen LogP contribution in [0.5, 0.6) is 0 Å². The Morgan fingerprint density at radius 3 is 2.80 bits per heavy atom. The van der Waals surface area contributed by atoms with Gasteiger partial charge in [0.25, 0.3) is 0 Å². The van der Waals surface area contributed by atoms with Crippen LogP contribution >= 0.6 is 15.9 Å². The monoisotopic (exact) mass is 336 g/mol. The molecule has 0 spiro atoms. The lowest BCUT2D eigenvalue weighted by Crippen LogP contribution is -2.23. The number of aryl methyl sites for hydroxylation is 1. The highest BCUT2D eigenvalue weighted by atomic mass is 79.9. The number of halogens is 2. The second kappa shape index (κ2) is 6.95. The van der Waals surface area contributed by atoms with E-state index < -0.39 is 0 Å². The zero-order valence-corrected chi connectivity index (χ0v) is 13.2. The van der Waals surface area contributed by atoms with Crippen LogP contribution in [0.15, 0.2) is 41.1 Å². The largest absolute Gasteiger partial charge is 0.310 e. The van der Waals surface area contributed by atoms with E-state index in [1.807, 2.05) is 25.3 Å². The molecule has 2 rings (SSSR count). The molecule has 1 aromatic carbocycles. The number of aromatic nitrogens is 1. The Morgan fingerprint density at radius 2 is 2.15 bits per heavy atom. The minimum absolute atomic E-state index is 0.164. The number of nitrogens with one attached hydrogen (secondary N) is 1. The van der Waals surface area contributed by atoms with Crippen LogP contribution in [0.2, 0.25) is 0 Å². The van der Waals surface area contributed by atoms with E-state index in [1.165, 1.54) is 11.6 Å². The van der Waals surface area contributed by atoms with Crippen molar-refractivity contribution in [3.8, 4) is 0 Å². The van der Waals surface area contributed by atoms with Gasteiger partial charge in [0.15, 0.2) is 0 Å². The molecule has 4 heteroatoms. The molecule has 0 fully saturated rings. The van der Waals surface area contributed by atoms with Crippen molar-refractivity contribution in [2.24, 2.45) is 0 Å². The molecular weight excluding hydrogens is 319 g/mol. The molecule has 1 heterocycles. The number of likely N-dealkylation sites (N-methyl/N-ethyl adjacent to an activating group) is 1. The van der Waals surface area contributed by atoms with E-state index in [-0.39, 0.29) is 11.9 Å². The molecule has 0 aliphatic heterocycles. The van der Waals surface area contributed by atoms with E-state index in [9.17, 15) is 4.39 Å². The molecule has 0 bridgehead atoms. The van der Waals surface area contributed by atoms with Gasteiger partial charge < -0.3 is 5.32 Å². The van der Waals surface area contributed by atoms with Gasteiger partial charge in [0.05, 0.1) is 0 Å². The minimum atomic E-state index is -0.212. The number of hydrogen-bond acceptors (Lipinski definition) is 2. The quantitative estimate of drug-likeness (QED) is 0.885. The van der Waals surface area contributed by atoms with Crippen molar-refractivity contribution in [2.45, 2.75) is 26.3 Å². The number of benzene rings is 1. The highest BCUT2D eigenvalue weighted by molar-refractivity contribution is 9.10. The van der Waals surface area contributed by atoms with Gasteiger partial charge in [0.2, 0.25) is 0 Å². The van der Waals surface area contributed by atoms with Crippen molar-refractivity contribution in [3.05, 3.63) is 63.6 Å². The van der Waals surface area contributed by atoms with Crippen LogP contribution in [0.25, 0.3) is 0 Å². The molecule has 0 aliphatic carbocycles. The predicted molar refractivity (Wildman–Crippen MR) is 83.2 cm³/mol. The molecule has 0 radical (unpaired) electrons. The van der Waals surface area contributed by atoms with Gasteiger partial charge in [0, 0.05) is 22.9 Å². The smallest absolute Gasteiger partial charge is 0.124 e. The maximum absolute atomic E-state index is 13.5. The second-order valence-electron chi connectivity index (χ2n) is 4.82. The van der Waals surface area contributed by atoms with Gasteiger partial charge in [-0.3, -0.25) is 4.98 Å². The van der Waals surface area contributed by atoms with Crippen molar-refractivity contribution < 1.29 is 4.39 Å². The summed E-state index contributed by atoms with van der Waals surface area (Å²) in [5.74, 6) is -0.212. The van der Waals surface area contributed by atoms with Crippen molar-refractivity contribution in [2.75, 3.05) is 6.54 Å². The van der Waals surface area contributed by atoms with Gasteiger partial charge in [-0.05, 0) is 60.8 Å². The van der Waals surface area contributed by atoms with Gasteiger partial charge >= 0.3 is 0 Å². The molecule has 1 aromatic heterocycles. The summed E-state index contributed by atoms with van der Waals surface area (Å²) in [7, 11) is 0. The summed E-state index contributed by atoms with van der Waals surface area (Å²) in [6.07, 6.45) is 4.41. The van der Waals surface area contributed by atoms with Crippen molar-refractivity contribution in [1.29, 1.82) is 0 Å².